The Bertz CT molecular complexity index is 603. The molecule has 0 aliphatic heterocycles. The quantitative estimate of drug-likeness (QED) is 0.664. The van der Waals surface area contributed by atoms with E-state index < -0.39 is 17.7 Å². The van der Waals surface area contributed by atoms with E-state index in [2.05, 4.69) is 31.9 Å². The van der Waals surface area contributed by atoms with Gasteiger partial charge in [0.2, 0.25) is 0 Å². The van der Waals surface area contributed by atoms with Gasteiger partial charge in [-0.2, -0.15) is 0 Å². The molecule has 0 bridgehead atoms. The van der Waals surface area contributed by atoms with E-state index in [1.165, 1.54) is 11.3 Å². The van der Waals surface area contributed by atoms with Crippen molar-refractivity contribution < 1.29 is 8.78 Å². The van der Waals surface area contributed by atoms with Crippen molar-refractivity contribution in [3.63, 3.8) is 0 Å². The van der Waals surface area contributed by atoms with Crippen molar-refractivity contribution in [1.82, 2.24) is 0 Å². The molecule has 2 rings (SSSR count). The Morgan fingerprint density at radius 2 is 1.78 bits per heavy atom. The van der Waals surface area contributed by atoms with Crippen molar-refractivity contribution in [2.45, 2.75) is 6.04 Å². The molecular formula is C11H6Br2ClF2NS. The Morgan fingerprint density at radius 1 is 1.11 bits per heavy atom. The van der Waals surface area contributed by atoms with E-state index in [0.717, 1.165) is 19.7 Å². The van der Waals surface area contributed by atoms with Crippen molar-refractivity contribution >= 4 is 54.8 Å². The highest BCUT2D eigenvalue weighted by Gasteiger charge is 2.20. The number of rotatable bonds is 2. The first-order valence-electron chi connectivity index (χ1n) is 4.75. The molecule has 96 valence electrons. The zero-order chi connectivity index (χ0) is 13.4. The third-order valence-corrected chi connectivity index (χ3v) is 5.07. The summed E-state index contributed by atoms with van der Waals surface area (Å²) in [6, 6.07) is 2.97. The summed E-state index contributed by atoms with van der Waals surface area (Å²) >= 11 is 13.6. The summed E-state index contributed by atoms with van der Waals surface area (Å²) in [6.45, 7) is 0. The molecule has 0 aliphatic carbocycles. The number of hydrogen-bond acceptors (Lipinski definition) is 2. The molecule has 1 nitrogen and oxygen atoms in total. The van der Waals surface area contributed by atoms with Crippen molar-refractivity contribution in [3.05, 3.63) is 53.6 Å². The minimum absolute atomic E-state index is 0.0721. The second-order valence-electron chi connectivity index (χ2n) is 3.55. The van der Waals surface area contributed by atoms with E-state index >= 15 is 0 Å². The topological polar surface area (TPSA) is 26.0 Å². The average Bonchev–Trinajstić information content (AvgIpc) is 2.62. The SMILES string of the molecule is NC(c1cc(F)c(Cl)cc1F)c1cc(Br)sc1Br. The maximum Gasteiger partial charge on any atom is 0.142 e. The summed E-state index contributed by atoms with van der Waals surface area (Å²) in [6.07, 6.45) is 0. The van der Waals surface area contributed by atoms with Gasteiger partial charge in [-0.05, 0) is 55.6 Å². The van der Waals surface area contributed by atoms with Gasteiger partial charge in [-0.1, -0.05) is 11.6 Å². The first-order chi connectivity index (χ1) is 8.40. The lowest BCUT2D eigenvalue weighted by Gasteiger charge is -2.13. The molecule has 1 aromatic heterocycles. The number of thiophene rings is 1. The zero-order valence-electron chi connectivity index (χ0n) is 8.68. The summed E-state index contributed by atoms with van der Waals surface area (Å²) < 4.78 is 28.7. The van der Waals surface area contributed by atoms with Crippen LogP contribution in [0.2, 0.25) is 5.02 Å². The lowest BCUT2D eigenvalue weighted by molar-refractivity contribution is 0.577. The second-order valence-corrected chi connectivity index (χ2v) is 7.70. The number of hydrogen-bond donors (Lipinski definition) is 1. The molecule has 0 saturated heterocycles. The van der Waals surface area contributed by atoms with Crippen LogP contribution in [0.25, 0.3) is 0 Å². The molecule has 1 unspecified atom stereocenters. The fourth-order valence-corrected chi connectivity index (χ4v) is 4.59. The van der Waals surface area contributed by atoms with Gasteiger partial charge in [0.05, 0.1) is 18.6 Å². The standard InChI is InChI=1S/C11H6Br2ClF2NS/c12-9-2-5(11(13)18-9)10(17)4-1-8(16)6(14)3-7(4)15/h1-3,10H,17H2. The van der Waals surface area contributed by atoms with Crippen molar-refractivity contribution in [1.29, 1.82) is 0 Å². The first kappa shape index (κ1) is 14.4. The van der Waals surface area contributed by atoms with Gasteiger partial charge in [0.15, 0.2) is 0 Å². The van der Waals surface area contributed by atoms with Crippen LogP contribution in [-0.4, -0.2) is 0 Å². The smallest absolute Gasteiger partial charge is 0.142 e. The minimum Gasteiger partial charge on any atom is -0.320 e. The summed E-state index contributed by atoms with van der Waals surface area (Å²) in [4.78, 5) is 0. The molecule has 1 heterocycles. The van der Waals surface area contributed by atoms with E-state index in [9.17, 15) is 8.78 Å². The van der Waals surface area contributed by atoms with E-state index in [1.807, 2.05) is 0 Å². The Kier molecular flexibility index (Phi) is 4.44. The molecule has 18 heavy (non-hydrogen) atoms. The van der Waals surface area contributed by atoms with Crippen LogP contribution in [0.3, 0.4) is 0 Å². The van der Waals surface area contributed by atoms with Crippen LogP contribution in [0.1, 0.15) is 17.2 Å². The van der Waals surface area contributed by atoms with Crippen molar-refractivity contribution in [3.8, 4) is 0 Å². The predicted molar refractivity (Wildman–Crippen MR) is 77.1 cm³/mol. The highest BCUT2D eigenvalue weighted by atomic mass is 79.9. The lowest BCUT2D eigenvalue weighted by Crippen LogP contribution is -2.13. The van der Waals surface area contributed by atoms with Crippen molar-refractivity contribution in [2.24, 2.45) is 5.73 Å². The Hall–Kier alpha value is -0.0100. The summed E-state index contributed by atoms with van der Waals surface area (Å²) in [5.74, 6) is -1.31. The molecule has 7 heteroatoms. The maximum absolute atomic E-state index is 13.8. The highest BCUT2D eigenvalue weighted by molar-refractivity contribution is 9.12. The number of benzene rings is 1. The monoisotopic (exact) mass is 415 g/mol. The second kappa shape index (κ2) is 5.54. The van der Waals surface area contributed by atoms with Crippen LogP contribution in [0.15, 0.2) is 25.8 Å². The van der Waals surface area contributed by atoms with E-state index in [1.54, 1.807) is 6.07 Å². The summed E-state index contributed by atoms with van der Waals surface area (Å²) in [5, 5.41) is -0.256. The van der Waals surface area contributed by atoms with Crippen LogP contribution in [0.4, 0.5) is 8.78 Å². The fraction of sp³-hybridized carbons (Fsp3) is 0.0909. The van der Waals surface area contributed by atoms with Gasteiger partial charge in [0.25, 0.3) is 0 Å². The molecular weight excluding hydrogens is 411 g/mol. The molecule has 0 saturated carbocycles. The summed E-state index contributed by atoms with van der Waals surface area (Å²) in [5.41, 5.74) is 6.72. The largest absolute Gasteiger partial charge is 0.320 e. The zero-order valence-corrected chi connectivity index (χ0v) is 13.4. The van der Waals surface area contributed by atoms with Crippen LogP contribution in [-0.2, 0) is 0 Å². The molecule has 2 N–H and O–H groups in total. The third kappa shape index (κ3) is 2.77. The first-order valence-corrected chi connectivity index (χ1v) is 7.53. The maximum atomic E-state index is 13.8. The van der Waals surface area contributed by atoms with E-state index in [-0.39, 0.29) is 10.6 Å². The highest BCUT2D eigenvalue weighted by Crippen LogP contribution is 2.38. The van der Waals surface area contributed by atoms with Gasteiger partial charge in [-0.3, -0.25) is 0 Å². The molecule has 0 fully saturated rings. The fourth-order valence-electron chi connectivity index (χ4n) is 1.51. The molecule has 1 atom stereocenters. The molecule has 2 aromatic rings. The average molecular weight is 418 g/mol. The van der Waals surface area contributed by atoms with E-state index in [0.29, 0.717) is 5.56 Å². The summed E-state index contributed by atoms with van der Waals surface area (Å²) in [7, 11) is 0. The predicted octanol–water partition coefficient (Wildman–Crippen LogP) is 5.25. The van der Waals surface area contributed by atoms with Crippen LogP contribution >= 0.6 is 54.8 Å². The van der Waals surface area contributed by atoms with Crippen LogP contribution in [0.5, 0.6) is 0 Å². The van der Waals surface area contributed by atoms with Crippen LogP contribution in [0, 0.1) is 11.6 Å². The van der Waals surface area contributed by atoms with Gasteiger partial charge in [0.1, 0.15) is 11.6 Å². The van der Waals surface area contributed by atoms with Gasteiger partial charge < -0.3 is 5.73 Å². The van der Waals surface area contributed by atoms with Gasteiger partial charge >= 0.3 is 0 Å². The number of halogens is 5. The molecule has 0 aliphatic rings. The van der Waals surface area contributed by atoms with E-state index in [4.69, 9.17) is 17.3 Å². The third-order valence-electron chi connectivity index (χ3n) is 2.39. The minimum atomic E-state index is -0.756. The van der Waals surface area contributed by atoms with Crippen LogP contribution < -0.4 is 5.73 Å². The van der Waals surface area contributed by atoms with Gasteiger partial charge in [0, 0.05) is 5.56 Å². The Balaban J connectivity index is 2.49. The molecule has 0 radical (unpaired) electrons. The molecule has 1 aromatic carbocycles. The van der Waals surface area contributed by atoms with Gasteiger partial charge in [-0.25, -0.2) is 8.78 Å². The van der Waals surface area contributed by atoms with Gasteiger partial charge in [-0.15, -0.1) is 11.3 Å². The molecule has 0 spiro atoms. The van der Waals surface area contributed by atoms with Crippen molar-refractivity contribution in [2.75, 3.05) is 0 Å². The molecule has 0 amide bonds. The Morgan fingerprint density at radius 3 is 2.33 bits per heavy atom. The Labute approximate surface area is 128 Å². The lowest BCUT2D eigenvalue weighted by atomic mass is 10.0. The normalized spacial score (nSPS) is 12.8. The number of nitrogens with two attached hydrogens (primary N) is 1.